The van der Waals surface area contributed by atoms with Gasteiger partial charge < -0.3 is 15.3 Å². The molecule has 0 aliphatic carbocycles. The van der Waals surface area contributed by atoms with Gasteiger partial charge in [0, 0.05) is 24.7 Å². The van der Waals surface area contributed by atoms with Crippen molar-refractivity contribution in [3.05, 3.63) is 35.4 Å². The van der Waals surface area contributed by atoms with E-state index in [4.69, 9.17) is 0 Å². The summed E-state index contributed by atoms with van der Waals surface area (Å²) in [5, 5.41) is 13.0. The fraction of sp³-hybridized carbons (Fsp3) is 0.611. The van der Waals surface area contributed by atoms with Crippen molar-refractivity contribution >= 4 is 15.7 Å². The molecule has 0 saturated carbocycles. The third kappa shape index (κ3) is 4.40. The van der Waals surface area contributed by atoms with Gasteiger partial charge in [0.25, 0.3) is 5.91 Å². The minimum absolute atomic E-state index is 0.0417. The van der Waals surface area contributed by atoms with Crippen molar-refractivity contribution < 1.29 is 18.3 Å². The van der Waals surface area contributed by atoms with E-state index in [0.717, 1.165) is 12.0 Å². The average Bonchev–Trinajstić information content (AvgIpc) is 2.85. The number of fused-ring (bicyclic) bond motifs is 1. The van der Waals surface area contributed by atoms with Gasteiger partial charge in [0.15, 0.2) is 9.84 Å². The number of rotatable bonds is 4. The molecule has 0 bridgehead atoms. The minimum atomic E-state index is -3.09. The number of hydrogen-bond acceptors (Lipinski definition) is 5. The molecule has 0 unspecified atom stereocenters. The van der Waals surface area contributed by atoms with Crippen LogP contribution in [0, 0.1) is 0 Å². The molecule has 2 aliphatic rings. The highest BCUT2D eigenvalue weighted by Gasteiger charge is 2.44. The zero-order chi connectivity index (χ0) is 18.2. The van der Waals surface area contributed by atoms with E-state index in [1.807, 2.05) is 12.1 Å². The van der Waals surface area contributed by atoms with Crippen LogP contribution in [0.2, 0.25) is 0 Å². The minimum Gasteiger partial charge on any atom is -0.390 e. The molecule has 2 heterocycles. The predicted molar refractivity (Wildman–Crippen MR) is 96.3 cm³/mol. The Bertz CT molecular complexity index is 737. The summed E-state index contributed by atoms with van der Waals surface area (Å²) in [5.74, 6) is 0.0415. The van der Waals surface area contributed by atoms with E-state index in [1.165, 1.54) is 0 Å². The second kappa shape index (κ2) is 6.70. The lowest BCUT2D eigenvalue weighted by Crippen LogP contribution is -2.59. The highest BCUT2D eigenvalue weighted by molar-refractivity contribution is 7.91. The van der Waals surface area contributed by atoms with E-state index >= 15 is 0 Å². The van der Waals surface area contributed by atoms with E-state index in [-0.39, 0.29) is 29.5 Å². The van der Waals surface area contributed by atoms with Crippen LogP contribution in [0.4, 0.5) is 0 Å². The van der Waals surface area contributed by atoms with Crippen LogP contribution in [0.15, 0.2) is 24.3 Å². The van der Waals surface area contributed by atoms with Crippen molar-refractivity contribution in [3.63, 3.8) is 0 Å². The molecule has 1 aromatic rings. The van der Waals surface area contributed by atoms with Crippen LogP contribution in [0.1, 0.15) is 36.2 Å². The zero-order valence-electron chi connectivity index (χ0n) is 14.7. The Morgan fingerprint density at radius 1 is 1.28 bits per heavy atom. The molecule has 7 heteroatoms. The Morgan fingerprint density at radius 3 is 2.60 bits per heavy atom. The Labute approximate surface area is 149 Å². The first-order valence-electron chi connectivity index (χ1n) is 8.71. The van der Waals surface area contributed by atoms with Crippen molar-refractivity contribution in [3.8, 4) is 0 Å². The van der Waals surface area contributed by atoms with E-state index in [9.17, 15) is 18.3 Å². The van der Waals surface area contributed by atoms with Crippen LogP contribution in [-0.4, -0.2) is 66.6 Å². The number of piperazine rings is 1. The Hall–Kier alpha value is -1.44. The Morgan fingerprint density at radius 2 is 1.96 bits per heavy atom. The van der Waals surface area contributed by atoms with Crippen LogP contribution in [0.5, 0.6) is 0 Å². The summed E-state index contributed by atoms with van der Waals surface area (Å²) < 4.78 is 23.8. The van der Waals surface area contributed by atoms with Crippen molar-refractivity contribution in [2.24, 2.45) is 0 Å². The number of carbonyl (C=O) groups is 1. The van der Waals surface area contributed by atoms with Gasteiger partial charge in [-0.25, -0.2) is 8.42 Å². The zero-order valence-corrected chi connectivity index (χ0v) is 15.6. The van der Waals surface area contributed by atoms with Crippen LogP contribution >= 0.6 is 0 Å². The van der Waals surface area contributed by atoms with Gasteiger partial charge in [-0.15, -0.1) is 0 Å². The SMILES string of the molecule is CC(C)(O)CCc1ccc(C(=O)N2CCN[C@@H]3CS(=O)(=O)C[C@@H]32)cc1. The summed E-state index contributed by atoms with van der Waals surface area (Å²) in [6.45, 7) is 4.70. The number of aryl methyl sites for hydroxylation is 1. The molecule has 6 nitrogen and oxygen atoms in total. The predicted octanol–water partition coefficient (Wildman–Crippen LogP) is 0.601. The van der Waals surface area contributed by atoms with Gasteiger partial charge in [-0.3, -0.25) is 4.79 Å². The van der Waals surface area contributed by atoms with Gasteiger partial charge in [-0.1, -0.05) is 12.1 Å². The second-order valence-corrected chi connectivity index (χ2v) is 9.87. The largest absolute Gasteiger partial charge is 0.390 e. The lowest BCUT2D eigenvalue weighted by Gasteiger charge is -2.37. The first-order chi connectivity index (χ1) is 11.6. The molecule has 1 aromatic carbocycles. The number of amides is 1. The van der Waals surface area contributed by atoms with Crippen molar-refractivity contribution in [2.45, 2.75) is 44.4 Å². The molecule has 25 heavy (non-hydrogen) atoms. The summed E-state index contributed by atoms with van der Waals surface area (Å²) in [6, 6.07) is 6.97. The van der Waals surface area contributed by atoms with Crippen molar-refractivity contribution in [2.75, 3.05) is 24.6 Å². The topological polar surface area (TPSA) is 86.7 Å². The number of nitrogens with zero attached hydrogens (tertiary/aromatic N) is 1. The summed E-state index contributed by atoms with van der Waals surface area (Å²) in [5.41, 5.74) is 0.940. The third-order valence-corrected chi connectivity index (χ3v) is 6.69. The second-order valence-electron chi connectivity index (χ2n) is 7.71. The highest BCUT2D eigenvalue weighted by atomic mass is 32.2. The summed E-state index contributed by atoms with van der Waals surface area (Å²) in [6.07, 6.45) is 1.40. The summed E-state index contributed by atoms with van der Waals surface area (Å²) >= 11 is 0. The van der Waals surface area contributed by atoms with Gasteiger partial charge in [0.05, 0.1) is 23.1 Å². The highest BCUT2D eigenvalue weighted by Crippen LogP contribution is 2.23. The number of nitrogens with one attached hydrogen (secondary N) is 1. The molecule has 2 N–H and O–H groups in total. The number of benzene rings is 1. The molecule has 138 valence electrons. The van der Waals surface area contributed by atoms with E-state index in [0.29, 0.717) is 25.1 Å². The molecular formula is C18H26N2O4S. The fourth-order valence-electron chi connectivity index (χ4n) is 3.55. The van der Waals surface area contributed by atoms with Crippen LogP contribution < -0.4 is 5.32 Å². The van der Waals surface area contributed by atoms with Crippen molar-refractivity contribution in [1.29, 1.82) is 0 Å². The first-order valence-corrected chi connectivity index (χ1v) is 10.5. The number of carbonyl (C=O) groups excluding carboxylic acids is 1. The molecule has 0 radical (unpaired) electrons. The lowest BCUT2D eigenvalue weighted by atomic mass is 9.98. The molecule has 1 amide bonds. The number of sulfone groups is 1. The van der Waals surface area contributed by atoms with Gasteiger partial charge in [0.1, 0.15) is 0 Å². The van der Waals surface area contributed by atoms with Crippen LogP contribution in [0.25, 0.3) is 0 Å². The van der Waals surface area contributed by atoms with Crippen molar-refractivity contribution in [1.82, 2.24) is 10.2 Å². The molecule has 0 aromatic heterocycles. The maximum absolute atomic E-state index is 12.8. The smallest absolute Gasteiger partial charge is 0.254 e. The molecule has 2 saturated heterocycles. The Balaban J connectivity index is 1.70. The molecular weight excluding hydrogens is 340 g/mol. The lowest BCUT2D eigenvalue weighted by molar-refractivity contribution is 0.0620. The first kappa shape index (κ1) is 18.4. The molecule has 2 fully saturated rings. The maximum atomic E-state index is 12.8. The van der Waals surface area contributed by atoms with E-state index in [2.05, 4.69) is 5.32 Å². The van der Waals surface area contributed by atoms with Gasteiger partial charge in [-0.05, 0) is 44.4 Å². The van der Waals surface area contributed by atoms with Gasteiger partial charge >= 0.3 is 0 Å². The maximum Gasteiger partial charge on any atom is 0.254 e. The number of aliphatic hydroxyl groups is 1. The quantitative estimate of drug-likeness (QED) is 0.815. The number of hydrogen-bond donors (Lipinski definition) is 2. The third-order valence-electron chi connectivity index (χ3n) is 4.97. The van der Waals surface area contributed by atoms with Crippen LogP contribution in [0.3, 0.4) is 0 Å². The monoisotopic (exact) mass is 366 g/mol. The van der Waals surface area contributed by atoms with Gasteiger partial charge in [-0.2, -0.15) is 0 Å². The molecule has 3 rings (SSSR count). The molecule has 2 atom stereocenters. The van der Waals surface area contributed by atoms with Crippen LogP contribution in [-0.2, 0) is 16.3 Å². The fourth-order valence-corrected chi connectivity index (χ4v) is 5.51. The average molecular weight is 366 g/mol. The molecule has 2 aliphatic heterocycles. The summed E-state index contributed by atoms with van der Waals surface area (Å²) in [7, 11) is -3.09. The Kier molecular flexibility index (Phi) is 4.92. The van der Waals surface area contributed by atoms with E-state index in [1.54, 1.807) is 30.9 Å². The summed E-state index contributed by atoms with van der Waals surface area (Å²) in [4.78, 5) is 14.6. The normalized spacial score (nSPS) is 25.6. The molecule has 0 spiro atoms. The van der Waals surface area contributed by atoms with Gasteiger partial charge in [0.2, 0.25) is 0 Å². The van der Waals surface area contributed by atoms with E-state index < -0.39 is 15.4 Å². The standard InChI is InChI=1S/C18H26N2O4S/c1-18(2,22)8-7-13-3-5-14(6-4-13)17(21)20-10-9-19-15-11-25(23,24)12-16(15)20/h3-6,15-16,19,22H,7-12H2,1-2H3/t15-,16+/m1/s1.